The molecular formula is C6H9ClO10P2. The van der Waals surface area contributed by atoms with Gasteiger partial charge in [-0.05, 0) is 12.2 Å². The van der Waals surface area contributed by atoms with Crippen molar-refractivity contribution in [3.63, 3.8) is 0 Å². The summed E-state index contributed by atoms with van der Waals surface area (Å²) in [6.45, 7) is 0. The molecule has 0 saturated carbocycles. The molecule has 0 bridgehead atoms. The largest absolute Gasteiger partial charge is 0.466 e. The fourth-order valence-corrected chi connectivity index (χ4v) is 0.652. The van der Waals surface area contributed by atoms with E-state index < -0.39 is 15.6 Å². The molecule has 0 radical (unpaired) electrons. The van der Waals surface area contributed by atoms with E-state index in [1.807, 2.05) is 0 Å². The minimum atomic E-state index is -4.64. The highest BCUT2D eigenvalue weighted by molar-refractivity contribution is 7.45. The maximum atomic E-state index is 10.5. The van der Waals surface area contributed by atoms with Crippen LogP contribution in [-0.2, 0) is 18.7 Å². The van der Waals surface area contributed by atoms with Crippen LogP contribution < -0.4 is 0 Å². The number of phosphoric acid groups is 2. The quantitative estimate of drug-likeness (QED) is 0.235. The molecule has 0 spiro atoms. The Bertz CT molecular complexity index is 446. The zero-order valence-electron chi connectivity index (χ0n) is 8.82. The number of halogens is 1. The minimum Gasteiger partial charge on any atom is -0.303 e. The van der Waals surface area contributed by atoms with E-state index in [1.165, 1.54) is 6.08 Å². The van der Waals surface area contributed by atoms with Crippen molar-refractivity contribution in [3.8, 4) is 0 Å². The molecule has 110 valence electrons. The van der Waals surface area contributed by atoms with Gasteiger partial charge in [0.2, 0.25) is 0 Å². The number of carbonyl (C=O) groups is 2. The van der Waals surface area contributed by atoms with Crippen molar-refractivity contribution in [1.82, 2.24) is 0 Å². The second-order valence-corrected chi connectivity index (χ2v) is 5.08. The Balaban J connectivity index is 0. The van der Waals surface area contributed by atoms with Crippen LogP contribution in [0.25, 0.3) is 0 Å². The smallest absolute Gasteiger partial charge is 0.303 e. The number of hydrogen-bond acceptors (Lipinski definition) is 4. The first-order chi connectivity index (χ1) is 8.20. The van der Waals surface area contributed by atoms with Crippen LogP contribution in [0.15, 0.2) is 23.3 Å². The first kappa shape index (κ1) is 20.6. The van der Waals surface area contributed by atoms with Gasteiger partial charge in [-0.1, -0.05) is 11.6 Å². The van der Waals surface area contributed by atoms with Crippen molar-refractivity contribution in [1.29, 1.82) is 0 Å². The van der Waals surface area contributed by atoms with Crippen LogP contribution in [-0.4, -0.2) is 40.9 Å². The van der Waals surface area contributed by atoms with Crippen LogP contribution in [0, 0.1) is 0 Å². The van der Waals surface area contributed by atoms with Gasteiger partial charge in [0.15, 0.2) is 11.6 Å². The van der Waals surface area contributed by atoms with E-state index in [1.54, 1.807) is 0 Å². The first-order valence-electron chi connectivity index (χ1n) is 3.90. The lowest BCUT2D eigenvalue weighted by atomic mass is 10.2. The highest BCUT2D eigenvalue weighted by atomic mass is 35.5. The van der Waals surface area contributed by atoms with Gasteiger partial charge in [0.05, 0.1) is 5.03 Å². The van der Waals surface area contributed by atoms with Crippen molar-refractivity contribution < 1.29 is 48.1 Å². The van der Waals surface area contributed by atoms with Crippen LogP contribution in [0.2, 0.25) is 0 Å². The SMILES string of the molecule is O=C1C=CC(=O)C(Cl)=C1.O=P(O)(O)O.O=P(O)(O)O. The number of carbonyl (C=O) groups excluding carboxylic acids is 2. The van der Waals surface area contributed by atoms with Crippen LogP contribution in [0.4, 0.5) is 0 Å². The molecule has 1 aliphatic rings. The molecule has 0 aliphatic heterocycles. The Kier molecular flexibility index (Phi) is 9.23. The number of ketones is 2. The Morgan fingerprint density at radius 2 is 1.16 bits per heavy atom. The van der Waals surface area contributed by atoms with Crippen molar-refractivity contribution in [2.75, 3.05) is 0 Å². The van der Waals surface area contributed by atoms with Gasteiger partial charge in [0, 0.05) is 6.08 Å². The van der Waals surface area contributed by atoms with E-state index in [-0.39, 0.29) is 16.6 Å². The molecule has 0 aromatic heterocycles. The zero-order chi connectivity index (χ0) is 15.9. The second kappa shape index (κ2) is 8.49. The fraction of sp³-hybridized carbons (Fsp3) is 0. The van der Waals surface area contributed by atoms with Gasteiger partial charge in [0.1, 0.15) is 0 Å². The molecule has 0 amide bonds. The predicted octanol–water partition coefficient (Wildman–Crippen LogP) is -1.04. The van der Waals surface area contributed by atoms with Gasteiger partial charge < -0.3 is 29.4 Å². The summed E-state index contributed by atoms with van der Waals surface area (Å²) >= 11 is 5.30. The van der Waals surface area contributed by atoms with Crippen LogP contribution >= 0.6 is 27.2 Å². The van der Waals surface area contributed by atoms with Crippen LogP contribution in [0.3, 0.4) is 0 Å². The summed E-state index contributed by atoms with van der Waals surface area (Å²) in [6.07, 6.45) is 3.45. The highest BCUT2D eigenvalue weighted by Crippen LogP contribution is 2.26. The van der Waals surface area contributed by atoms with E-state index in [0.29, 0.717) is 0 Å². The Labute approximate surface area is 111 Å². The summed E-state index contributed by atoms with van der Waals surface area (Å²) in [5.41, 5.74) is 0. The van der Waals surface area contributed by atoms with E-state index >= 15 is 0 Å². The molecule has 1 rings (SSSR count). The van der Waals surface area contributed by atoms with Gasteiger partial charge in [-0.15, -0.1) is 0 Å². The standard InChI is InChI=1S/C6H3ClO2.2H3O4P/c7-5-3-4(8)1-2-6(5)9;2*1-5(2,3)4/h1-3H;2*(H3,1,2,3,4). The minimum absolute atomic E-state index is 0.0116. The molecule has 0 aromatic carbocycles. The lowest BCUT2D eigenvalue weighted by Crippen LogP contribution is -2.02. The third-order valence-electron chi connectivity index (χ3n) is 0.903. The monoisotopic (exact) mass is 338 g/mol. The molecular weight excluding hydrogens is 329 g/mol. The third-order valence-corrected chi connectivity index (χ3v) is 1.20. The van der Waals surface area contributed by atoms with Crippen LogP contribution in [0.1, 0.15) is 0 Å². The maximum absolute atomic E-state index is 10.5. The molecule has 0 saturated heterocycles. The fourth-order valence-electron chi connectivity index (χ4n) is 0.482. The molecule has 13 heteroatoms. The van der Waals surface area contributed by atoms with Crippen LogP contribution in [0.5, 0.6) is 0 Å². The van der Waals surface area contributed by atoms with Crippen molar-refractivity contribution in [2.45, 2.75) is 0 Å². The molecule has 19 heavy (non-hydrogen) atoms. The molecule has 0 atom stereocenters. The van der Waals surface area contributed by atoms with Crippen molar-refractivity contribution in [3.05, 3.63) is 23.3 Å². The molecule has 0 aromatic rings. The van der Waals surface area contributed by atoms with Gasteiger partial charge in [-0.3, -0.25) is 9.59 Å². The average molecular weight is 339 g/mol. The molecule has 10 nitrogen and oxygen atoms in total. The first-order valence-corrected chi connectivity index (χ1v) is 7.41. The van der Waals surface area contributed by atoms with Crippen molar-refractivity contribution >= 4 is 38.8 Å². The molecule has 1 aliphatic carbocycles. The molecule has 0 heterocycles. The van der Waals surface area contributed by atoms with E-state index in [9.17, 15) is 9.59 Å². The van der Waals surface area contributed by atoms with Crippen molar-refractivity contribution in [2.24, 2.45) is 0 Å². The summed E-state index contributed by atoms with van der Waals surface area (Å²) in [5.74, 6) is -0.545. The summed E-state index contributed by atoms with van der Waals surface area (Å²) in [6, 6.07) is 0. The topological polar surface area (TPSA) is 190 Å². The predicted molar refractivity (Wildman–Crippen MR) is 61.6 cm³/mol. The van der Waals surface area contributed by atoms with Gasteiger partial charge >= 0.3 is 15.6 Å². The normalized spacial score (nSPS) is 14.8. The van der Waals surface area contributed by atoms with E-state index in [4.69, 9.17) is 50.1 Å². The van der Waals surface area contributed by atoms with E-state index in [2.05, 4.69) is 0 Å². The Morgan fingerprint density at radius 1 is 0.842 bits per heavy atom. The summed E-state index contributed by atoms with van der Waals surface area (Å²) < 4.78 is 17.8. The highest BCUT2D eigenvalue weighted by Gasteiger charge is 2.08. The molecule has 0 fully saturated rings. The number of allylic oxidation sites excluding steroid dienone is 4. The summed E-state index contributed by atoms with van der Waals surface area (Å²) in [5, 5.41) is -0.0116. The third kappa shape index (κ3) is 26.8. The maximum Gasteiger partial charge on any atom is 0.466 e. The Hall–Kier alpha value is -0.670. The molecule has 6 N–H and O–H groups in total. The Morgan fingerprint density at radius 3 is 1.37 bits per heavy atom. The van der Waals surface area contributed by atoms with Gasteiger partial charge in [0.25, 0.3) is 0 Å². The van der Waals surface area contributed by atoms with Gasteiger partial charge in [-0.25, -0.2) is 9.13 Å². The molecule has 0 unspecified atom stereocenters. The van der Waals surface area contributed by atoms with E-state index in [0.717, 1.165) is 12.2 Å². The zero-order valence-corrected chi connectivity index (χ0v) is 11.4. The summed E-state index contributed by atoms with van der Waals surface area (Å²) in [7, 11) is -9.28. The number of hydrogen-bond donors (Lipinski definition) is 6. The lowest BCUT2D eigenvalue weighted by molar-refractivity contribution is -0.114. The number of rotatable bonds is 0. The van der Waals surface area contributed by atoms with Gasteiger partial charge in [-0.2, -0.15) is 0 Å². The average Bonchev–Trinajstić information content (AvgIpc) is 2.06. The second-order valence-electron chi connectivity index (χ2n) is 2.62. The lowest BCUT2D eigenvalue weighted by Gasteiger charge is -1.94. The summed E-state index contributed by atoms with van der Waals surface area (Å²) in [4.78, 5) is 64.0.